The van der Waals surface area contributed by atoms with Gasteiger partial charge in [-0.25, -0.2) is 9.59 Å². The summed E-state index contributed by atoms with van der Waals surface area (Å²) in [6, 6.07) is 20.5. The van der Waals surface area contributed by atoms with E-state index in [0.717, 1.165) is 22.1 Å². The number of fused-ring (bicyclic) bond motifs is 2. The number of hydrogen-bond donors (Lipinski definition) is 3. The molecular weight excluding hydrogens is 358 g/mol. The summed E-state index contributed by atoms with van der Waals surface area (Å²) in [4.78, 5) is 23.5. The molecule has 0 fully saturated rings. The molecule has 3 N–H and O–H groups in total. The van der Waals surface area contributed by atoms with Gasteiger partial charge >= 0.3 is 11.9 Å². The molecule has 0 amide bonds. The highest BCUT2D eigenvalue weighted by molar-refractivity contribution is 5.91. The number of carbonyl (C=O) groups is 2. The van der Waals surface area contributed by atoms with Crippen molar-refractivity contribution in [2.24, 2.45) is 0 Å². The van der Waals surface area contributed by atoms with E-state index in [0.29, 0.717) is 12.2 Å². The molecule has 0 unspecified atom stereocenters. The van der Waals surface area contributed by atoms with Crippen molar-refractivity contribution in [1.82, 2.24) is 9.66 Å². The van der Waals surface area contributed by atoms with E-state index in [1.807, 2.05) is 47.4 Å². The van der Waals surface area contributed by atoms with Gasteiger partial charge in [0, 0.05) is 35.3 Å². The third kappa shape index (κ3) is 4.53. The van der Waals surface area contributed by atoms with Gasteiger partial charge in [0.25, 0.3) is 0 Å². The van der Waals surface area contributed by atoms with Crippen LogP contribution in [0.1, 0.15) is 0 Å². The maximum Gasteiger partial charge on any atom is 0.328 e. The first-order chi connectivity index (χ1) is 13.5. The van der Waals surface area contributed by atoms with Gasteiger partial charge in [-0.05, 0) is 24.3 Å². The molecule has 7 nitrogen and oxygen atoms in total. The van der Waals surface area contributed by atoms with Crippen molar-refractivity contribution in [3.63, 3.8) is 0 Å². The van der Waals surface area contributed by atoms with Crippen LogP contribution in [0, 0.1) is 0 Å². The van der Waals surface area contributed by atoms with Crippen molar-refractivity contribution in [3.8, 4) is 0 Å². The van der Waals surface area contributed by atoms with Crippen LogP contribution < -0.4 is 5.43 Å². The van der Waals surface area contributed by atoms with Crippen molar-refractivity contribution in [1.29, 1.82) is 0 Å². The first kappa shape index (κ1) is 18.7. The van der Waals surface area contributed by atoms with Gasteiger partial charge in [0.05, 0.1) is 16.7 Å². The summed E-state index contributed by atoms with van der Waals surface area (Å²) in [6.07, 6.45) is 4.99. The molecule has 2 aromatic heterocycles. The van der Waals surface area contributed by atoms with Crippen molar-refractivity contribution in [2.45, 2.75) is 0 Å². The van der Waals surface area contributed by atoms with Gasteiger partial charge in [0.2, 0.25) is 0 Å². The Bertz CT molecular complexity index is 1140. The van der Waals surface area contributed by atoms with E-state index in [2.05, 4.69) is 40.7 Å². The van der Waals surface area contributed by atoms with Crippen LogP contribution in [0.25, 0.3) is 21.8 Å². The van der Waals surface area contributed by atoms with Crippen LogP contribution in [-0.4, -0.2) is 31.8 Å². The number of aliphatic carboxylic acids is 2. The first-order valence-electron chi connectivity index (χ1n) is 8.35. The van der Waals surface area contributed by atoms with Gasteiger partial charge in [-0.1, -0.05) is 36.4 Å². The Kier molecular flexibility index (Phi) is 5.66. The molecule has 28 heavy (non-hydrogen) atoms. The van der Waals surface area contributed by atoms with E-state index >= 15 is 0 Å². The lowest BCUT2D eigenvalue weighted by molar-refractivity contribution is -0.134. The Morgan fingerprint density at radius 1 is 0.893 bits per heavy atom. The van der Waals surface area contributed by atoms with Crippen molar-refractivity contribution < 1.29 is 19.8 Å². The predicted molar refractivity (Wildman–Crippen MR) is 107 cm³/mol. The van der Waals surface area contributed by atoms with E-state index in [4.69, 9.17) is 10.2 Å². The zero-order chi connectivity index (χ0) is 19.9. The summed E-state index contributed by atoms with van der Waals surface area (Å²) in [5.41, 5.74) is 6.65. The highest BCUT2D eigenvalue weighted by Crippen LogP contribution is 2.23. The smallest absolute Gasteiger partial charge is 0.328 e. The first-order valence-corrected chi connectivity index (χ1v) is 8.35. The molecule has 0 atom stereocenters. The average molecular weight is 375 g/mol. The topological polar surface area (TPSA) is 104 Å². The minimum absolute atomic E-state index is 0.558. The molecule has 0 saturated carbocycles. The number of hydrogen-bond acceptors (Lipinski definition) is 4. The van der Waals surface area contributed by atoms with Crippen LogP contribution in [0.2, 0.25) is 0 Å². The van der Waals surface area contributed by atoms with Crippen LogP contribution in [0.3, 0.4) is 0 Å². The molecular formula is C21H17N3O4. The molecule has 4 aromatic rings. The number of aromatic nitrogens is 2. The number of benzene rings is 2. The van der Waals surface area contributed by atoms with Crippen molar-refractivity contribution in [2.75, 3.05) is 5.43 Å². The Morgan fingerprint density at radius 3 is 2.32 bits per heavy atom. The lowest BCUT2D eigenvalue weighted by atomic mass is 10.2. The fraction of sp³-hybridized carbons (Fsp3) is 0. The molecule has 0 aliphatic carbocycles. The zero-order valence-corrected chi connectivity index (χ0v) is 14.7. The minimum Gasteiger partial charge on any atom is -0.478 e. The molecule has 0 bridgehead atoms. The van der Waals surface area contributed by atoms with Gasteiger partial charge in [-0.2, -0.15) is 0 Å². The minimum atomic E-state index is -1.26. The summed E-state index contributed by atoms with van der Waals surface area (Å²) in [7, 11) is 0. The van der Waals surface area contributed by atoms with Crippen LogP contribution in [-0.2, 0) is 9.59 Å². The number of pyridine rings is 1. The molecule has 0 aliphatic heterocycles. The van der Waals surface area contributed by atoms with Crippen LogP contribution in [0.4, 0.5) is 5.69 Å². The van der Waals surface area contributed by atoms with Crippen molar-refractivity contribution in [3.05, 3.63) is 85.2 Å². The summed E-state index contributed by atoms with van der Waals surface area (Å²) in [5, 5.41) is 18.0. The summed E-state index contributed by atoms with van der Waals surface area (Å²) < 4.78 is 2.04. The van der Waals surface area contributed by atoms with Gasteiger partial charge in [0.1, 0.15) is 0 Å². The normalized spacial score (nSPS) is 10.6. The van der Waals surface area contributed by atoms with E-state index in [1.54, 1.807) is 0 Å². The Morgan fingerprint density at radius 2 is 1.57 bits per heavy atom. The van der Waals surface area contributed by atoms with Crippen molar-refractivity contribution >= 4 is 39.4 Å². The number of anilines is 1. The maximum atomic E-state index is 9.55. The summed E-state index contributed by atoms with van der Waals surface area (Å²) >= 11 is 0. The van der Waals surface area contributed by atoms with Gasteiger partial charge in [-0.15, -0.1) is 0 Å². The highest BCUT2D eigenvalue weighted by atomic mass is 16.4. The average Bonchev–Trinajstić information content (AvgIpc) is 3.10. The molecule has 7 heteroatoms. The molecule has 2 heterocycles. The number of para-hydroxylation sites is 2. The Balaban J connectivity index is 0.000000242. The van der Waals surface area contributed by atoms with E-state index < -0.39 is 11.9 Å². The number of nitrogens with one attached hydrogen (secondary N) is 1. The quantitative estimate of drug-likeness (QED) is 0.469. The molecule has 0 spiro atoms. The predicted octanol–water partition coefficient (Wildman–Crippen LogP) is 3.78. The number of carboxylic acids is 2. The van der Waals surface area contributed by atoms with Gasteiger partial charge in [-0.3, -0.25) is 15.1 Å². The highest BCUT2D eigenvalue weighted by Gasteiger charge is 2.03. The SMILES string of the molecule is O=C(O)C=CC(=O)O.c1ccc2c(c1)ccn2Nc1ccnc2ccccc12. The number of nitrogens with zero attached hydrogens (tertiary/aromatic N) is 2. The summed E-state index contributed by atoms with van der Waals surface area (Å²) in [6.45, 7) is 0. The standard InChI is InChI=1S/C17H13N3.C4H4O4/c1-4-8-17-13(5-1)10-12-20(17)19-16-9-11-18-15-7-3-2-6-14(15)16;5-3(6)1-2-4(7)8/h1-12H,(H,18,19);1-2H,(H,5,6)(H,7,8). The van der Waals surface area contributed by atoms with Crippen LogP contribution in [0.15, 0.2) is 85.2 Å². The van der Waals surface area contributed by atoms with Crippen LogP contribution in [0.5, 0.6) is 0 Å². The van der Waals surface area contributed by atoms with Gasteiger partial charge < -0.3 is 10.2 Å². The second-order valence-electron chi connectivity index (χ2n) is 5.74. The second kappa shape index (κ2) is 8.50. The lowest BCUT2D eigenvalue weighted by Gasteiger charge is -2.11. The van der Waals surface area contributed by atoms with Gasteiger partial charge in [0.15, 0.2) is 0 Å². The Labute approximate surface area is 160 Å². The monoisotopic (exact) mass is 375 g/mol. The molecule has 0 aliphatic rings. The zero-order valence-electron chi connectivity index (χ0n) is 14.7. The third-order valence-electron chi connectivity index (χ3n) is 3.86. The second-order valence-corrected chi connectivity index (χ2v) is 5.74. The van der Waals surface area contributed by atoms with E-state index in [-0.39, 0.29) is 0 Å². The van der Waals surface area contributed by atoms with E-state index in [1.165, 1.54) is 5.39 Å². The largest absolute Gasteiger partial charge is 0.478 e. The third-order valence-corrected chi connectivity index (χ3v) is 3.86. The molecule has 4 rings (SSSR count). The molecule has 0 radical (unpaired) electrons. The maximum absolute atomic E-state index is 9.55. The fourth-order valence-electron chi connectivity index (χ4n) is 2.65. The summed E-state index contributed by atoms with van der Waals surface area (Å²) in [5.74, 6) is -2.51. The Hall–Kier alpha value is -4.13. The van der Waals surface area contributed by atoms with Crippen LogP contribution >= 0.6 is 0 Å². The fourth-order valence-corrected chi connectivity index (χ4v) is 2.65. The number of carboxylic acid groups (broad SMARTS) is 2. The molecule has 140 valence electrons. The molecule has 2 aromatic carbocycles. The lowest BCUT2D eigenvalue weighted by Crippen LogP contribution is -2.07. The van der Waals surface area contributed by atoms with E-state index in [9.17, 15) is 9.59 Å². The molecule has 0 saturated heterocycles. The number of rotatable bonds is 4.